The summed E-state index contributed by atoms with van der Waals surface area (Å²) < 4.78 is 0. The van der Waals surface area contributed by atoms with Crippen LogP contribution in [0.4, 0.5) is 0 Å². The number of carbonyl (C=O) groups is 2. The Morgan fingerprint density at radius 1 is 1.29 bits per heavy atom. The zero-order valence-corrected chi connectivity index (χ0v) is 11.6. The van der Waals surface area contributed by atoms with Crippen molar-refractivity contribution < 1.29 is 19.8 Å². The minimum Gasteiger partial charge on any atom is -0.505 e. The fraction of sp³-hybridized carbons (Fsp3) is 0.533. The van der Waals surface area contributed by atoms with E-state index in [2.05, 4.69) is 4.98 Å². The number of aliphatic carboxylic acids is 1. The lowest BCUT2D eigenvalue weighted by atomic mass is 9.84. The summed E-state index contributed by atoms with van der Waals surface area (Å²) in [5.41, 5.74) is -0.0602. The molecule has 1 amide bonds. The molecule has 1 saturated heterocycles. The molecule has 0 radical (unpaired) electrons. The van der Waals surface area contributed by atoms with Crippen LogP contribution in [0.1, 0.15) is 42.6 Å². The van der Waals surface area contributed by atoms with E-state index >= 15 is 0 Å². The van der Waals surface area contributed by atoms with E-state index in [0.29, 0.717) is 6.42 Å². The number of hydrogen-bond acceptors (Lipinski definition) is 4. The highest BCUT2D eigenvalue weighted by Gasteiger charge is 2.48. The van der Waals surface area contributed by atoms with Gasteiger partial charge >= 0.3 is 5.97 Å². The van der Waals surface area contributed by atoms with E-state index in [4.69, 9.17) is 0 Å². The topological polar surface area (TPSA) is 90.7 Å². The number of likely N-dealkylation sites (tertiary alicyclic amines) is 1. The third-order valence-corrected chi connectivity index (χ3v) is 4.60. The maximum absolute atomic E-state index is 12.7. The minimum absolute atomic E-state index is 0.0474. The van der Waals surface area contributed by atoms with Crippen LogP contribution in [0.15, 0.2) is 18.3 Å². The van der Waals surface area contributed by atoms with E-state index in [1.165, 1.54) is 23.2 Å². The van der Waals surface area contributed by atoms with Crippen LogP contribution in [0, 0.1) is 5.92 Å². The number of carbonyl (C=O) groups excluding carboxylic acids is 1. The summed E-state index contributed by atoms with van der Waals surface area (Å²) in [6.45, 7) is 0. The number of rotatable bonds is 2. The number of hydrogen-bond donors (Lipinski definition) is 2. The van der Waals surface area contributed by atoms with Crippen molar-refractivity contribution in [2.45, 2.75) is 44.2 Å². The number of aromatic nitrogens is 1. The lowest BCUT2D eigenvalue weighted by Gasteiger charge is -2.32. The Kier molecular flexibility index (Phi) is 3.53. The molecule has 3 atom stereocenters. The van der Waals surface area contributed by atoms with E-state index in [0.717, 1.165) is 25.7 Å². The highest BCUT2D eigenvalue weighted by Crippen LogP contribution is 2.40. The molecule has 21 heavy (non-hydrogen) atoms. The first kappa shape index (κ1) is 13.9. The minimum atomic E-state index is -0.979. The van der Waals surface area contributed by atoms with Crippen molar-refractivity contribution in [1.29, 1.82) is 0 Å². The molecule has 0 spiro atoms. The Labute approximate surface area is 122 Å². The van der Waals surface area contributed by atoms with Crippen molar-refractivity contribution in [2.24, 2.45) is 5.92 Å². The van der Waals surface area contributed by atoms with Gasteiger partial charge in [-0.25, -0.2) is 9.78 Å². The molecule has 112 valence electrons. The molecule has 1 aliphatic carbocycles. The van der Waals surface area contributed by atoms with Crippen LogP contribution in [-0.4, -0.2) is 44.1 Å². The zero-order valence-electron chi connectivity index (χ0n) is 11.6. The van der Waals surface area contributed by atoms with Gasteiger partial charge in [-0.2, -0.15) is 0 Å². The Balaban J connectivity index is 1.95. The van der Waals surface area contributed by atoms with Gasteiger partial charge in [0.15, 0.2) is 5.69 Å². The Hall–Kier alpha value is -2.11. The normalized spacial score (nSPS) is 28.2. The third kappa shape index (κ3) is 2.34. The largest absolute Gasteiger partial charge is 0.505 e. The molecule has 0 bridgehead atoms. The quantitative estimate of drug-likeness (QED) is 0.864. The van der Waals surface area contributed by atoms with Crippen LogP contribution < -0.4 is 0 Å². The molecular formula is C15H18N2O4. The predicted octanol–water partition coefficient (Wildman–Crippen LogP) is 1.65. The molecule has 1 aromatic heterocycles. The van der Waals surface area contributed by atoms with Gasteiger partial charge in [0, 0.05) is 12.2 Å². The van der Waals surface area contributed by atoms with Crippen molar-refractivity contribution >= 4 is 11.9 Å². The van der Waals surface area contributed by atoms with Gasteiger partial charge in [-0.15, -0.1) is 0 Å². The summed E-state index contributed by atoms with van der Waals surface area (Å²) >= 11 is 0. The highest BCUT2D eigenvalue weighted by atomic mass is 16.4. The van der Waals surface area contributed by atoms with Crippen LogP contribution in [0.3, 0.4) is 0 Å². The average Bonchev–Trinajstić information content (AvgIpc) is 2.86. The predicted molar refractivity (Wildman–Crippen MR) is 73.9 cm³/mol. The van der Waals surface area contributed by atoms with Crippen LogP contribution in [0.5, 0.6) is 5.75 Å². The smallest absolute Gasteiger partial charge is 0.326 e. The molecule has 1 saturated carbocycles. The molecule has 6 nitrogen and oxygen atoms in total. The molecule has 3 rings (SSSR count). The third-order valence-electron chi connectivity index (χ3n) is 4.60. The Morgan fingerprint density at radius 3 is 2.76 bits per heavy atom. The van der Waals surface area contributed by atoms with Gasteiger partial charge in [-0.05, 0) is 37.3 Å². The molecule has 1 aromatic rings. The first-order valence-electron chi connectivity index (χ1n) is 7.29. The monoisotopic (exact) mass is 290 g/mol. The molecule has 1 aliphatic heterocycles. The van der Waals surface area contributed by atoms with E-state index in [-0.39, 0.29) is 23.4 Å². The first-order valence-corrected chi connectivity index (χ1v) is 7.29. The first-order chi connectivity index (χ1) is 10.1. The van der Waals surface area contributed by atoms with Gasteiger partial charge in [0.05, 0.1) is 0 Å². The van der Waals surface area contributed by atoms with Crippen LogP contribution >= 0.6 is 0 Å². The summed E-state index contributed by atoms with van der Waals surface area (Å²) in [4.78, 5) is 29.5. The second-order valence-electron chi connectivity index (χ2n) is 5.79. The molecular weight excluding hydrogens is 272 g/mol. The van der Waals surface area contributed by atoms with E-state index in [1.54, 1.807) is 0 Å². The second-order valence-corrected chi connectivity index (χ2v) is 5.79. The van der Waals surface area contributed by atoms with Crippen molar-refractivity contribution in [2.75, 3.05) is 0 Å². The molecule has 6 heteroatoms. The molecule has 2 heterocycles. The van der Waals surface area contributed by atoms with E-state index in [1.807, 2.05) is 0 Å². The Bertz CT molecular complexity index is 575. The second kappa shape index (κ2) is 5.35. The van der Waals surface area contributed by atoms with Gasteiger partial charge < -0.3 is 15.1 Å². The van der Waals surface area contributed by atoms with Crippen molar-refractivity contribution in [3.8, 4) is 5.75 Å². The molecule has 2 N–H and O–H groups in total. The summed E-state index contributed by atoms with van der Waals surface area (Å²) in [5, 5.41) is 19.2. The number of amides is 1. The summed E-state index contributed by atoms with van der Waals surface area (Å²) in [7, 11) is 0. The fourth-order valence-electron chi connectivity index (χ4n) is 3.66. The van der Waals surface area contributed by atoms with Gasteiger partial charge in [-0.1, -0.05) is 12.8 Å². The average molecular weight is 290 g/mol. The number of fused-ring (bicyclic) bond motifs is 1. The number of aromatic hydroxyl groups is 1. The number of nitrogens with zero attached hydrogens (tertiary/aromatic N) is 2. The Morgan fingerprint density at radius 2 is 2.05 bits per heavy atom. The summed E-state index contributed by atoms with van der Waals surface area (Å²) in [5.74, 6) is -1.41. The van der Waals surface area contributed by atoms with Crippen molar-refractivity contribution in [3.05, 3.63) is 24.0 Å². The van der Waals surface area contributed by atoms with Crippen LogP contribution in [0.25, 0.3) is 0 Å². The van der Waals surface area contributed by atoms with E-state index < -0.39 is 17.9 Å². The zero-order chi connectivity index (χ0) is 15.0. The van der Waals surface area contributed by atoms with Crippen molar-refractivity contribution in [1.82, 2.24) is 9.88 Å². The van der Waals surface area contributed by atoms with Gasteiger partial charge in [0.2, 0.25) is 0 Å². The molecule has 3 unspecified atom stereocenters. The number of carboxylic acid groups (broad SMARTS) is 1. The SMILES string of the molecule is O=C(O)C1CC2CCCCC2N1C(=O)c1ncccc1O. The number of carboxylic acids is 1. The molecule has 2 fully saturated rings. The lowest BCUT2D eigenvalue weighted by Crippen LogP contribution is -2.46. The van der Waals surface area contributed by atoms with Crippen molar-refractivity contribution in [3.63, 3.8) is 0 Å². The van der Waals surface area contributed by atoms with Gasteiger partial charge in [0.1, 0.15) is 11.8 Å². The lowest BCUT2D eigenvalue weighted by molar-refractivity contribution is -0.141. The molecule has 0 aromatic carbocycles. The van der Waals surface area contributed by atoms with Gasteiger partial charge in [0.25, 0.3) is 5.91 Å². The summed E-state index contributed by atoms with van der Waals surface area (Å²) in [6, 6.07) is 2.07. The summed E-state index contributed by atoms with van der Waals surface area (Å²) in [6.07, 6.45) is 5.81. The standard InChI is InChI=1S/C15H18N2O4/c18-12-6-3-7-16-13(12)14(19)17-10-5-2-1-4-9(10)8-11(17)15(20)21/h3,6-7,9-11,18H,1-2,4-5,8H2,(H,20,21). The maximum atomic E-state index is 12.7. The highest BCUT2D eigenvalue weighted by molar-refractivity contribution is 5.97. The van der Waals surface area contributed by atoms with E-state index in [9.17, 15) is 19.8 Å². The molecule has 2 aliphatic rings. The van der Waals surface area contributed by atoms with Gasteiger partial charge in [-0.3, -0.25) is 4.79 Å². The van der Waals surface area contributed by atoms with Crippen LogP contribution in [-0.2, 0) is 4.79 Å². The fourth-order valence-corrected chi connectivity index (χ4v) is 3.66. The van der Waals surface area contributed by atoms with Crippen LogP contribution in [0.2, 0.25) is 0 Å². The maximum Gasteiger partial charge on any atom is 0.326 e. The number of pyridine rings is 1.